The Hall–Kier alpha value is -1.61. The number of carbonyl (C=O) groups is 1. The second-order valence-electron chi connectivity index (χ2n) is 6.40. The van der Waals surface area contributed by atoms with E-state index in [9.17, 15) is 13.2 Å². The topological polar surface area (TPSA) is 92.5 Å². The van der Waals surface area contributed by atoms with Gasteiger partial charge in [0.05, 0.1) is 10.0 Å². The molecule has 27 heavy (non-hydrogen) atoms. The Morgan fingerprint density at radius 3 is 2.63 bits per heavy atom. The van der Waals surface area contributed by atoms with Crippen LogP contribution in [0.1, 0.15) is 30.7 Å². The molecule has 1 fully saturated rings. The number of carbonyl (C=O) groups excluding carboxylic acids is 1. The maximum Gasteiger partial charge on any atom is 0.249 e. The molecular formula is C17H19Cl2N3O4S. The van der Waals surface area contributed by atoms with Gasteiger partial charge in [-0.05, 0) is 44.9 Å². The fraction of sp³-hybridized carbons (Fsp3) is 0.412. The third kappa shape index (κ3) is 3.99. The third-order valence-corrected chi connectivity index (χ3v) is 7.37. The van der Waals surface area contributed by atoms with Crippen molar-refractivity contribution in [3.05, 3.63) is 39.7 Å². The van der Waals surface area contributed by atoms with Crippen LogP contribution in [0.25, 0.3) is 0 Å². The Balaban J connectivity index is 1.89. The predicted octanol–water partition coefficient (Wildman–Crippen LogP) is 3.78. The standard InChI is InChI=1S/C17H19Cl2N3O4S/c1-10-16(11(2)26-21-10)27(24,25)22-8-4-3-5-15(22)17(23)20-12-6-7-13(18)14(19)9-12/h6-7,9,15H,3-5,8H2,1-2H3,(H,20,23)/t15-/m1/s1. The van der Waals surface area contributed by atoms with Crippen molar-refractivity contribution in [3.63, 3.8) is 0 Å². The summed E-state index contributed by atoms with van der Waals surface area (Å²) in [6.45, 7) is 3.37. The number of rotatable bonds is 4. The summed E-state index contributed by atoms with van der Waals surface area (Å²) in [5.74, 6) is -0.204. The van der Waals surface area contributed by atoms with Gasteiger partial charge in [-0.15, -0.1) is 0 Å². The van der Waals surface area contributed by atoms with Gasteiger partial charge in [-0.3, -0.25) is 4.79 Å². The molecule has 3 rings (SSSR count). The fourth-order valence-electron chi connectivity index (χ4n) is 3.21. The van der Waals surface area contributed by atoms with E-state index in [-0.39, 0.29) is 22.9 Å². The third-order valence-electron chi connectivity index (χ3n) is 4.48. The van der Waals surface area contributed by atoms with Crippen LogP contribution in [0, 0.1) is 13.8 Å². The van der Waals surface area contributed by atoms with E-state index in [2.05, 4.69) is 10.5 Å². The quantitative estimate of drug-likeness (QED) is 0.794. The van der Waals surface area contributed by atoms with Gasteiger partial charge in [0.2, 0.25) is 15.9 Å². The van der Waals surface area contributed by atoms with E-state index in [1.54, 1.807) is 26.0 Å². The lowest BCUT2D eigenvalue weighted by Crippen LogP contribution is -2.50. The maximum atomic E-state index is 13.2. The highest BCUT2D eigenvalue weighted by Crippen LogP contribution is 2.30. The SMILES string of the molecule is Cc1noc(C)c1S(=O)(=O)N1CCCC[C@@H]1C(=O)Nc1ccc(Cl)c(Cl)c1. The van der Waals surface area contributed by atoms with Gasteiger partial charge in [-0.2, -0.15) is 4.31 Å². The first-order valence-corrected chi connectivity index (χ1v) is 10.6. The zero-order valence-electron chi connectivity index (χ0n) is 14.8. The van der Waals surface area contributed by atoms with Gasteiger partial charge in [-0.25, -0.2) is 8.42 Å². The van der Waals surface area contributed by atoms with Crippen molar-refractivity contribution in [2.75, 3.05) is 11.9 Å². The summed E-state index contributed by atoms with van der Waals surface area (Å²) >= 11 is 11.9. The van der Waals surface area contributed by atoms with Crippen LogP contribution in [0.5, 0.6) is 0 Å². The lowest BCUT2D eigenvalue weighted by atomic mass is 10.0. The van der Waals surface area contributed by atoms with Gasteiger partial charge in [0.25, 0.3) is 0 Å². The molecule has 2 heterocycles. The van der Waals surface area contributed by atoms with Crippen molar-refractivity contribution in [2.45, 2.75) is 44.0 Å². The van der Waals surface area contributed by atoms with Crippen LogP contribution in [-0.2, 0) is 14.8 Å². The number of piperidine rings is 1. The van der Waals surface area contributed by atoms with Crippen LogP contribution < -0.4 is 5.32 Å². The molecule has 2 aromatic rings. The second-order valence-corrected chi connectivity index (χ2v) is 9.04. The zero-order valence-corrected chi connectivity index (χ0v) is 17.2. The smallest absolute Gasteiger partial charge is 0.249 e. The number of sulfonamides is 1. The molecular weight excluding hydrogens is 413 g/mol. The van der Waals surface area contributed by atoms with E-state index in [0.717, 1.165) is 6.42 Å². The van der Waals surface area contributed by atoms with E-state index in [1.807, 2.05) is 0 Å². The van der Waals surface area contributed by atoms with Gasteiger partial charge in [-0.1, -0.05) is 34.8 Å². The summed E-state index contributed by atoms with van der Waals surface area (Å²) in [5, 5.41) is 7.13. The summed E-state index contributed by atoms with van der Waals surface area (Å²) in [7, 11) is -3.91. The first kappa shape index (κ1) is 20.1. The number of halogens is 2. The van der Waals surface area contributed by atoms with Gasteiger partial charge >= 0.3 is 0 Å². The highest BCUT2D eigenvalue weighted by molar-refractivity contribution is 7.89. The number of amides is 1. The van der Waals surface area contributed by atoms with Crippen molar-refractivity contribution >= 4 is 44.8 Å². The van der Waals surface area contributed by atoms with Crippen molar-refractivity contribution in [1.82, 2.24) is 9.46 Å². The summed E-state index contributed by atoms with van der Waals surface area (Å²) in [4.78, 5) is 12.9. The van der Waals surface area contributed by atoms with Crippen LogP contribution in [0.15, 0.2) is 27.6 Å². The van der Waals surface area contributed by atoms with Crippen LogP contribution in [0.2, 0.25) is 10.0 Å². The molecule has 1 N–H and O–H groups in total. The Kier molecular flexibility index (Phi) is 5.81. The lowest BCUT2D eigenvalue weighted by Gasteiger charge is -2.33. The number of benzene rings is 1. The van der Waals surface area contributed by atoms with Crippen molar-refractivity contribution in [3.8, 4) is 0 Å². The molecule has 7 nitrogen and oxygen atoms in total. The van der Waals surface area contributed by atoms with Gasteiger partial charge in [0.1, 0.15) is 16.6 Å². The highest BCUT2D eigenvalue weighted by atomic mass is 35.5. The van der Waals surface area contributed by atoms with Gasteiger partial charge in [0.15, 0.2) is 5.76 Å². The number of anilines is 1. The summed E-state index contributed by atoms with van der Waals surface area (Å²) in [6, 6.07) is 3.88. The molecule has 1 aromatic carbocycles. The maximum absolute atomic E-state index is 13.2. The summed E-state index contributed by atoms with van der Waals surface area (Å²) < 4.78 is 32.6. The van der Waals surface area contributed by atoms with Crippen LogP contribution in [0.3, 0.4) is 0 Å². The molecule has 1 saturated heterocycles. The van der Waals surface area contributed by atoms with E-state index in [4.69, 9.17) is 27.7 Å². The van der Waals surface area contributed by atoms with Crippen LogP contribution >= 0.6 is 23.2 Å². The number of aromatic nitrogens is 1. The summed E-state index contributed by atoms with van der Waals surface area (Å²) in [6.07, 6.45) is 1.86. The molecule has 146 valence electrons. The van der Waals surface area contributed by atoms with Gasteiger partial charge in [0, 0.05) is 12.2 Å². The number of hydrogen-bond donors (Lipinski definition) is 1. The zero-order chi connectivity index (χ0) is 19.8. The molecule has 1 aliphatic heterocycles. The van der Waals surface area contributed by atoms with Crippen LogP contribution in [-0.4, -0.2) is 36.4 Å². The monoisotopic (exact) mass is 431 g/mol. The molecule has 1 atom stereocenters. The molecule has 0 radical (unpaired) electrons. The van der Waals surface area contributed by atoms with E-state index < -0.39 is 22.0 Å². The minimum atomic E-state index is -3.91. The second kappa shape index (κ2) is 7.79. The molecule has 0 aliphatic carbocycles. The number of nitrogens with one attached hydrogen (secondary N) is 1. The Bertz CT molecular complexity index is 955. The number of aryl methyl sites for hydroxylation is 2. The van der Waals surface area contributed by atoms with E-state index >= 15 is 0 Å². The largest absolute Gasteiger partial charge is 0.360 e. The normalized spacial score (nSPS) is 18.4. The Morgan fingerprint density at radius 2 is 2.00 bits per heavy atom. The minimum absolute atomic E-state index is 0.0248. The predicted molar refractivity (Wildman–Crippen MR) is 103 cm³/mol. The summed E-state index contributed by atoms with van der Waals surface area (Å²) in [5.41, 5.74) is 0.733. The lowest BCUT2D eigenvalue weighted by molar-refractivity contribution is -0.120. The molecule has 10 heteroatoms. The molecule has 0 spiro atoms. The van der Waals surface area contributed by atoms with E-state index in [0.29, 0.717) is 28.6 Å². The minimum Gasteiger partial charge on any atom is -0.360 e. The van der Waals surface area contributed by atoms with Crippen LogP contribution in [0.4, 0.5) is 5.69 Å². The average Bonchev–Trinajstić information content (AvgIpc) is 2.97. The Morgan fingerprint density at radius 1 is 1.26 bits per heavy atom. The molecule has 0 saturated carbocycles. The number of hydrogen-bond acceptors (Lipinski definition) is 5. The highest BCUT2D eigenvalue weighted by Gasteiger charge is 2.40. The molecule has 0 unspecified atom stereocenters. The van der Waals surface area contributed by atoms with E-state index in [1.165, 1.54) is 10.4 Å². The first-order chi connectivity index (χ1) is 12.7. The van der Waals surface area contributed by atoms with Gasteiger partial charge < -0.3 is 9.84 Å². The van der Waals surface area contributed by atoms with Crippen molar-refractivity contribution in [2.24, 2.45) is 0 Å². The van der Waals surface area contributed by atoms with Crippen molar-refractivity contribution < 1.29 is 17.7 Å². The molecule has 0 bridgehead atoms. The first-order valence-electron chi connectivity index (χ1n) is 8.42. The van der Waals surface area contributed by atoms with Crippen molar-refractivity contribution in [1.29, 1.82) is 0 Å². The number of nitrogens with zero attached hydrogens (tertiary/aromatic N) is 2. The Labute approximate surface area is 167 Å². The molecule has 1 amide bonds. The average molecular weight is 432 g/mol. The molecule has 1 aliphatic rings. The molecule has 1 aromatic heterocycles. The fourth-order valence-corrected chi connectivity index (χ4v) is 5.46.